The van der Waals surface area contributed by atoms with Crippen LogP contribution in [0.2, 0.25) is 0 Å². The van der Waals surface area contributed by atoms with Crippen molar-refractivity contribution in [2.75, 3.05) is 0 Å². The molecule has 1 amide bonds. The summed E-state index contributed by atoms with van der Waals surface area (Å²) in [6.07, 6.45) is 2.57. The van der Waals surface area contributed by atoms with Crippen LogP contribution in [0.4, 0.5) is 4.39 Å². The van der Waals surface area contributed by atoms with Crippen molar-refractivity contribution in [1.82, 2.24) is 15.1 Å². The van der Waals surface area contributed by atoms with Crippen molar-refractivity contribution >= 4 is 5.91 Å². The summed E-state index contributed by atoms with van der Waals surface area (Å²) in [4.78, 5) is 12.7. The summed E-state index contributed by atoms with van der Waals surface area (Å²) in [5.74, 6) is -0.665. The second-order valence-corrected chi connectivity index (χ2v) is 6.27. The molecular formula is C21H22FN3O. The van der Waals surface area contributed by atoms with Gasteiger partial charge in [0, 0.05) is 30.9 Å². The molecule has 0 aliphatic heterocycles. The van der Waals surface area contributed by atoms with Crippen LogP contribution in [0, 0.1) is 5.82 Å². The maximum atomic E-state index is 13.1. The molecule has 0 saturated carbocycles. The highest BCUT2D eigenvalue weighted by atomic mass is 19.1. The first-order valence-electron chi connectivity index (χ1n) is 8.69. The number of carbonyl (C=O) groups is 1. The Labute approximate surface area is 152 Å². The van der Waals surface area contributed by atoms with Crippen molar-refractivity contribution < 1.29 is 9.18 Å². The SMILES string of the molecule is CC[C@H](C(=O)NCc1cn(C)nc1-c1ccccc1)c1ccc(F)cc1. The van der Waals surface area contributed by atoms with Crippen LogP contribution in [0.5, 0.6) is 0 Å². The van der Waals surface area contributed by atoms with Crippen molar-refractivity contribution in [3.63, 3.8) is 0 Å². The van der Waals surface area contributed by atoms with E-state index in [1.54, 1.807) is 16.8 Å². The topological polar surface area (TPSA) is 46.9 Å². The molecule has 0 aliphatic rings. The number of hydrogen-bond donors (Lipinski definition) is 1. The molecule has 1 atom stereocenters. The fourth-order valence-corrected chi connectivity index (χ4v) is 3.08. The lowest BCUT2D eigenvalue weighted by molar-refractivity contribution is -0.122. The van der Waals surface area contributed by atoms with E-state index in [9.17, 15) is 9.18 Å². The number of carbonyl (C=O) groups excluding carboxylic acids is 1. The average molecular weight is 351 g/mol. The quantitative estimate of drug-likeness (QED) is 0.729. The minimum Gasteiger partial charge on any atom is -0.351 e. The van der Waals surface area contributed by atoms with Crippen LogP contribution in [0.25, 0.3) is 11.3 Å². The van der Waals surface area contributed by atoms with Gasteiger partial charge in [-0.25, -0.2) is 4.39 Å². The minimum absolute atomic E-state index is 0.0676. The first kappa shape index (κ1) is 17.9. The molecule has 0 fully saturated rings. The number of nitrogens with zero attached hydrogens (tertiary/aromatic N) is 2. The lowest BCUT2D eigenvalue weighted by Gasteiger charge is -2.15. The van der Waals surface area contributed by atoms with Gasteiger partial charge in [-0.3, -0.25) is 9.48 Å². The number of aromatic nitrogens is 2. The van der Waals surface area contributed by atoms with Gasteiger partial charge in [0.05, 0.1) is 11.6 Å². The molecule has 3 rings (SSSR count). The molecule has 3 aromatic rings. The van der Waals surface area contributed by atoms with Gasteiger partial charge in [0.2, 0.25) is 5.91 Å². The molecule has 5 heteroatoms. The molecule has 4 nitrogen and oxygen atoms in total. The average Bonchev–Trinajstić information content (AvgIpc) is 3.03. The Morgan fingerprint density at radius 2 is 1.85 bits per heavy atom. The number of aryl methyl sites for hydroxylation is 1. The summed E-state index contributed by atoms with van der Waals surface area (Å²) in [6, 6.07) is 16.0. The number of nitrogens with one attached hydrogen (secondary N) is 1. The van der Waals surface area contributed by atoms with Crippen LogP contribution in [0.15, 0.2) is 60.8 Å². The van der Waals surface area contributed by atoms with E-state index < -0.39 is 0 Å². The van der Waals surface area contributed by atoms with Crippen LogP contribution >= 0.6 is 0 Å². The zero-order valence-corrected chi connectivity index (χ0v) is 14.9. The molecule has 134 valence electrons. The highest BCUT2D eigenvalue weighted by molar-refractivity contribution is 5.83. The number of amides is 1. The Morgan fingerprint density at radius 3 is 2.50 bits per heavy atom. The molecule has 26 heavy (non-hydrogen) atoms. The van der Waals surface area contributed by atoms with Gasteiger partial charge in [-0.2, -0.15) is 5.10 Å². The molecule has 0 spiro atoms. The van der Waals surface area contributed by atoms with Crippen LogP contribution in [-0.4, -0.2) is 15.7 Å². The van der Waals surface area contributed by atoms with Crippen molar-refractivity contribution in [3.05, 3.63) is 77.7 Å². The molecule has 1 aromatic heterocycles. The fraction of sp³-hybridized carbons (Fsp3) is 0.238. The van der Waals surface area contributed by atoms with Crippen LogP contribution in [0.1, 0.15) is 30.4 Å². The Bertz CT molecular complexity index is 872. The molecule has 1 N–H and O–H groups in total. The van der Waals surface area contributed by atoms with Gasteiger partial charge >= 0.3 is 0 Å². The van der Waals surface area contributed by atoms with Gasteiger partial charge in [0.15, 0.2) is 0 Å². The summed E-state index contributed by atoms with van der Waals surface area (Å²) in [7, 11) is 1.87. The molecular weight excluding hydrogens is 329 g/mol. The Kier molecular flexibility index (Phi) is 5.46. The van der Waals surface area contributed by atoms with E-state index in [2.05, 4.69) is 10.4 Å². The van der Waals surface area contributed by atoms with Gasteiger partial charge in [0.1, 0.15) is 5.82 Å². The Morgan fingerprint density at radius 1 is 1.15 bits per heavy atom. The maximum absolute atomic E-state index is 13.1. The van der Waals surface area contributed by atoms with E-state index in [0.717, 1.165) is 22.4 Å². The highest BCUT2D eigenvalue weighted by Crippen LogP contribution is 2.23. The zero-order chi connectivity index (χ0) is 18.5. The minimum atomic E-state index is -0.299. The second-order valence-electron chi connectivity index (χ2n) is 6.27. The third-order valence-corrected chi connectivity index (χ3v) is 4.40. The predicted molar refractivity (Wildman–Crippen MR) is 99.9 cm³/mol. The summed E-state index contributed by atoms with van der Waals surface area (Å²) in [6.45, 7) is 2.35. The standard InChI is InChI=1S/C21H22FN3O/c1-3-19(15-9-11-18(22)12-10-15)21(26)23-13-17-14-25(2)24-20(17)16-7-5-4-6-8-16/h4-12,14,19H,3,13H2,1-2H3,(H,23,26)/t19-/m0/s1. The maximum Gasteiger partial charge on any atom is 0.227 e. The third kappa shape index (κ3) is 3.99. The summed E-state index contributed by atoms with van der Waals surface area (Å²) >= 11 is 0. The lowest BCUT2D eigenvalue weighted by Crippen LogP contribution is -2.28. The fourth-order valence-electron chi connectivity index (χ4n) is 3.08. The van der Waals surface area contributed by atoms with E-state index in [1.807, 2.05) is 50.5 Å². The van der Waals surface area contributed by atoms with E-state index >= 15 is 0 Å². The van der Waals surface area contributed by atoms with Crippen molar-refractivity contribution in [2.24, 2.45) is 7.05 Å². The van der Waals surface area contributed by atoms with Crippen LogP contribution < -0.4 is 5.32 Å². The van der Waals surface area contributed by atoms with Gasteiger partial charge in [-0.05, 0) is 24.1 Å². The van der Waals surface area contributed by atoms with Crippen molar-refractivity contribution in [1.29, 1.82) is 0 Å². The summed E-state index contributed by atoms with van der Waals surface area (Å²) in [5.41, 5.74) is 3.66. The molecule has 0 radical (unpaired) electrons. The predicted octanol–water partition coefficient (Wildman–Crippen LogP) is 4.04. The van der Waals surface area contributed by atoms with Crippen molar-refractivity contribution in [3.8, 4) is 11.3 Å². The van der Waals surface area contributed by atoms with Crippen molar-refractivity contribution in [2.45, 2.75) is 25.8 Å². The molecule has 0 aliphatic carbocycles. The van der Waals surface area contributed by atoms with Gasteiger partial charge in [-0.1, -0.05) is 49.4 Å². The first-order valence-corrected chi connectivity index (χ1v) is 8.69. The number of halogens is 1. The number of hydrogen-bond acceptors (Lipinski definition) is 2. The van der Waals surface area contributed by atoms with Crippen LogP contribution in [-0.2, 0) is 18.4 Å². The van der Waals surface area contributed by atoms with E-state index in [0.29, 0.717) is 13.0 Å². The summed E-state index contributed by atoms with van der Waals surface area (Å²) in [5, 5.41) is 7.52. The molecule has 0 saturated heterocycles. The number of benzene rings is 2. The molecule has 0 bridgehead atoms. The van der Waals surface area contributed by atoms with Gasteiger partial charge in [-0.15, -0.1) is 0 Å². The van der Waals surface area contributed by atoms with Crippen LogP contribution in [0.3, 0.4) is 0 Å². The van der Waals surface area contributed by atoms with E-state index in [4.69, 9.17) is 0 Å². The van der Waals surface area contributed by atoms with Gasteiger partial charge < -0.3 is 5.32 Å². The van der Waals surface area contributed by atoms with E-state index in [1.165, 1.54) is 12.1 Å². The smallest absolute Gasteiger partial charge is 0.227 e. The molecule has 1 heterocycles. The summed E-state index contributed by atoms with van der Waals surface area (Å²) < 4.78 is 14.9. The first-order chi connectivity index (χ1) is 12.6. The largest absolute Gasteiger partial charge is 0.351 e. The highest BCUT2D eigenvalue weighted by Gasteiger charge is 2.19. The Balaban J connectivity index is 1.74. The lowest BCUT2D eigenvalue weighted by atomic mass is 9.95. The molecule has 2 aromatic carbocycles. The molecule has 0 unspecified atom stereocenters. The third-order valence-electron chi connectivity index (χ3n) is 4.40. The monoisotopic (exact) mass is 351 g/mol. The second kappa shape index (κ2) is 7.95. The normalized spacial score (nSPS) is 12.0. The van der Waals surface area contributed by atoms with E-state index in [-0.39, 0.29) is 17.6 Å². The zero-order valence-electron chi connectivity index (χ0n) is 14.9. The van der Waals surface area contributed by atoms with Gasteiger partial charge in [0.25, 0.3) is 0 Å². The Hall–Kier alpha value is -2.95. The number of rotatable bonds is 6.